The second kappa shape index (κ2) is 8.66. The van der Waals surface area contributed by atoms with Gasteiger partial charge in [-0.05, 0) is 38.1 Å². The fourth-order valence-corrected chi connectivity index (χ4v) is 2.22. The molecule has 5 nitrogen and oxygen atoms in total. The molecule has 0 saturated heterocycles. The van der Waals surface area contributed by atoms with E-state index in [0.717, 1.165) is 32.2 Å². The predicted octanol–water partition coefficient (Wildman–Crippen LogP) is 2.27. The van der Waals surface area contributed by atoms with Gasteiger partial charge in [0, 0.05) is 12.0 Å². The summed E-state index contributed by atoms with van der Waals surface area (Å²) in [6, 6.07) is 1.75. The normalized spacial score (nSPS) is 22.5. The van der Waals surface area contributed by atoms with Crippen molar-refractivity contribution >= 4 is 45.7 Å². The van der Waals surface area contributed by atoms with Gasteiger partial charge in [0.2, 0.25) is 5.91 Å². The van der Waals surface area contributed by atoms with Gasteiger partial charge in [-0.2, -0.15) is 5.10 Å². The Morgan fingerprint density at radius 3 is 2.56 bits per heavy atom. The highest BCUT2D eigenvalue weighted by atomic mass is 79.9. The van der Waals surface area contributed by atoms with Crippen molar-refractivity contribution in [2.24, 2.45) is 17.6 Å². The molecular weight excluding hydrogens is 364 g/mol. The maximum absolute atomic E-state index is 11.9. The maximum Gasteiger partial charge on any atom is 0.228 e. The summed E-state index contributed by atoms with van der Waals surface area (Å²) in [6.45, 7) is 0.745. The number of H-pyrrole nitrogens is 1. The van der Waals surface area contributed by atoms with Crippen molar-refractivity contribution in [3.63, 3.8) is 0 Å². The van der Waals surface area contributed by atoms with Crippen LogP contribution in [0.15, 0.2) is 12.3 Å². The smallest absolute Gasteiger partial charge is 0.228 e. The lowest BCUT2D eigenvalue weighted by Gasteiger charge is -2.26. The zero-order chi connectivity index (χ0) is 11.4. The molecular formula is C11H20Br2N4O. The van der Waals surface area contributed by atoms with Crippen LogP contribution in [0.25, 0.3) is 0 Å². The fourth-order valence-electron chi connectivity index (χ4n) is 2.22. The van der Waals surface area contributed by atoms with Gasteiger partial charge < -0.3 is 11.1 Å². The van der Waals surface area contributed by atoms with E-state index in [-0.39, 0.29) is 45.8 Å². The van der Waals surface area contributed by atoms with E-state index in [4.69, 9.17) is 5.73 Å². The van der Waals surface area contributed by atoms with Crippen LogP contribution in [0.5, 0.6) is 0 Å². The summed E-state index contributed by atoms with van der Waals surface area (Å²) in [5.41, 5.74) is 5.62. The van der Waals surface area contributed by atoms with Crippen LogP contribution in [0.1, 0.15) is 25.7 Å². The van der Waals surface area contributed by atoms with Crippen LogP contribution in [-0.2, 0) is 4.79 Å². The molecule has 1 aromatic rings. The molecule has 2 rings (SSSR count). The summed E-state index contributed by atoms with van der Waals surface area (Å²) < 4.78 is 0. The molecule has 0 bridgehead atoms. The SMILES string of the molecule is Br.Br.NC[C@H]1CC[C@H](C(=O)Nc2ccn[nH]2)CC1. The van der Waals surface area contributed by atoms with Gasteiger partial charge in [-0.3, -0.25) is 9.89 Å². The van der Waals surface area contributed by atoms with Gasteiger partial charge in [-0.15, -0.1) is 34.0 Å². The van der Waals surface area contributed by atoms with Crippen LogP contribution in [0, 0.1) is 11.8 Å². The molecule has 1 aliphatic carbocycles. The molecule has 0 radical (unpaired) electrons. The summed E-state index contributed by atoms with van der Waals surface area (Å²) in [6.07, 6.45) is 5.65. The number of halogens is 2. The predicted molar refractivity (Wildman–Crippen MR) is 82.4 cm³/mol. The van der Waals surface area contributed by atoms with Crippen LogP contribution in [0.4, 0.5) is 5.82 Å². The molecule has 0 aliphatic heterocycles. The van der Waals surface area contributed by atoms with Crippen molar-refractivity contribution in [3.8, 4) is 0 Å². The zero-order valence-corrected chi connectivity index (χ0v) is 13.5. The maximum atomic E-state index is 11.9. The Morgan fingerprint density at radius 1 is 1.39 bits per heavy atom. The van der Waals surface area contributed by atoms with E-state index in [1.807, 2.05) is 0 Å². The summed E-state index contributed by atoms with van der Waals surface area (Å²) in [7, 11) is 0. The molecule has 1 aromatic heterocycles. The second-order valence-corrected chi connectivity index (χ2v) is 4.41. The first-order valence-corrected chi connectivity index (χ1v) is 5.80. The molecule has 1 aliphatic rings. The van der Waals surface area contributed by atoms with Gasteiger partial charge >= 0.3 is 0 Å². The van der Waals surface area contributed by atoms with Gasteiger partial charge in [-0.1, -0.05) is 0 Å². The minimum absolute atomic E-state index is 0. The molecule has 104 valence electrons. The van der Waals surface area contributed by atoms with Gasteiger partial charge in [0.15, 0.2) is 0 Å². The van der Waals surface area contributed by atoms with E-state index in [1.165, 1.54) is 0 Å². The van der Waals surface area contributed by atoms with Crippen molar-refractivity contribution in [2.75, 3.05) is 11.9 Å². The Morgan fingerprint density at radius 2 is 2.06 bits per heavy atom. The van der Waals surface area contributed by atoms with Gasteiger partial charge in [0.05, 0.1) is 6.20 Å². The van der Waals surface area contributed by atoms with E-state index in [0.29, 0.717) is 11.7 Å². The average molecular weight is 384 g/mol. The monoisotopic (exact) mass is 382 g/mol. The molecule has 4 N–H and O–H groups in total. The largest absolute Gasteiger partial charge is 0.330 e. The lowest BCUT2D eigenvalue weighted by Crippen LogP contribution is -2.29. The van der Waals surface area contributed by atoms with Crippen LogP contribution >= 0.6 is 34.0 Å². The van der Waals surface area contributed by atoms with E-state index in [2.05, 4.69) is 15.5 Å². The molecule has 1 amide bonds. The Labute approximate surface area is 128 Å². The molecule has 0 aromatic carbocycles. The number of anilines is 1. The molecule has 0 unspecified atom stereocenters. The fraction of sp³-hybridized carbons (Fsp3) is 0.636. The zero-order valence-electron chi connectivity index (χ0n) is 10.1. The van der Waals surface area contributed by atoms with Crippen LogP contribution < -0.4 is 11.1 Å². The number of aromatic amines is 1. The Hall–Kier alpha value is -0.400. The Bertz CT molecular complexity index is 337. The highest BCUT2D eigenvalue weighted by Crippen LogP contribution is 2.28. The first kappa shape index (κ1) is 17.6. The Balaban J connectivity index is 0.00000144. The third kappa shape index (κ3) is 4.70. The number of carbonyl (C=O) groups excluding carboxylic acids is 1. The number of aromatic nitrogens is 2. The number of nitrogens with two attached hydrogens (primary N) is 1. The molecule has 1 fully saturated rings. The Kier molecular flexibility index (Phi) is 8.47. The quantitative estimate of drug-likeness (QED) is 0.748. The summed E-state index contributed by atoms with van der Waals surface area (Å²) in [5.74, 6) is 1.51. The van der Waals surface area contributed by atoms with Crippen molar-refractivity contribution < 1.29 is 4.79 Å². The van der Waals surface area contributed by atoms with E-state index >= 15 is 0 Å². The van der Waals surface area contributed by atoms with E-state index < -0.39 is 0 Å². The third-order valence-corrected chi connectivity index (χ3v) is 3.31. The van der Waals surface area contributed by atoms with Crippen molar-refractivity contribution in [3.05, 3.63) is 12.3 Å². The van der Waals surface area contributed by atoms with Gasteiger partial charge in [0.1, 0.15) is 5.82 Å². The molecule has 7 heteroatoms. The van der Waals surface area contributed by atoms with Crippen molar-refractivity contribution in [1.29, 1.82) is 0 Å². The number of carbonyl (C=O) groups is 1. The van der Waals surface area contributed by atoms with Crippen LogP contribution in [0.2, 0.25) is 0 Å². The summed E-state index contributed by atoms with van der Waals surface area (Å²) in [5, 5.41) is 9.35. The minimum Gasteiger partial charge on any atom is -0.330 e. The van der Waals surface area contributed by atoms with Crippen molar-refractivity contribution in [1.82, 2.24) is 10.2 Å². The van der Waals surface area contributed by atoms with Crippen LogP contribution in [-0.4, -0.2) is 22.6 Å². The van der Waals surface area contributed by atoms with E-state index in [9.17, 15) is 4.79 Å². The number of hydrogen-bond donors (Lipinski definition) is 3. The average Bonchev–Trinajstić information content (AvgIpc) is 2.82. The van der Waals surface area contributed by atoms with Gasteiger partial charge in [0.25, 0.3) is 0 Å². The summed E-state index contributed by atoms with van der Waals surface area (Å²) in [4.78, 5) is 11.9. The lowest BCUT2D eigenvalue weighted by atomic mass is 9.81. The van der Waals surface area contributed by atoms with Crippen LogP contribution in [0.3, 0.4) is 0 Å². The lowest BCUT2D eigenvalue weighted by molar-refractivity contribution is -0.121. The molecule has 0 atom stereocenters. The molecule has 18 heavy (non-hydrogen) atoms. The third-order valence-electron chi connectivity index (χ3n) is 3.31. The second-order valence-electron chi connectivity index (χ2n) is 4.41. The first-order valence-electron chi connectivity index (χ1n) is 5.80. The number of nitrogens with zero attached hydrogens (tertiary/aromatic N) is 1. The minimum atomic E-state index is 0. The summed E-state index contributed by atoms with van der Waals surface area (Å²) >= 11 is 0. The number of rotatable bonds is 3. The molecule has 0 spiro atoms. The van der Waals surface area contributed by atoms with Crippen molar-refractivity contribution in [2.45, 2.75) is 25.7 Å². The number of amides is 1. The number of hydrogen-bond acceptors (Lipinski definition) is 3. The van der Waals surface area contributed by atoms with E-state index in [1.54, 1.807) is 12.3 Å². The standard InChI is InChI=1S/C11H18N4O.2BrH/c12-7-8-1-3-9(4-2-8)11(16)14-10-5-6-13-15-10;;/h5-6,8-9H,1-4,7,12H2,(H2,13,14,15,16);2*1H/t8-,9-;;. The topological polar surface area (TPSA) is 83.8 Å². The first-order chi connectivity index (χ1) is 7.79. The highest BCUT2D eigenvalue weighted by Gasteiger charge is 2.25. The number of nitrogens with one attached hydrogen (secondary N) is 2. The molecule has 1 saturated carbocycles. The van der Waals surface area contributed by atoms with Gasteiger partial charge in [-0.25, -0.2) is 0 Å². The molecule has 1 heterocycles. The highest BCUT2D eigenvalue weighted by molar-refractivity contribution is 8.93.